The van der Waals surface area contributed by atoms with Gasteiger partial charge in [-0.2, -0.15) is 5.26 Å². The first-order valence-electron chi connectivity index (χ1n) is 7.21. The summed E-state index contributed by atoms with van der Waals surface area (Å²) in [5, 5.41) is 12.1. The highest BCUT2D eigenvalue weighted by molar-refractivity contribution is 5.45. The molecular formula is C16H22N2O. The Morgan fingerprint density at radius 3 is 3.16 bits per heavy atom. The van der Waals surface area contributed by atoms with Crippen LogP contribution in [0.1, 0.15) is 49.8 Å². The Hall–Kier alpha value is -1.53. The summed E-state index contributed by atoms with van der Waals surface area (Å²) in [6, 6.07) is 8.96. The summed E-state index contributed by atoms with van der Waals surface area (Å²) in [5.41, 5.74) is 2.75. The van der Waals surface area contributed by atoms with Gasteiger partial charge in [-0.1, -0.05) is 19.1 Å². The van der Waals surface area contributed by atoms with Gasteiger partial charge in [-0.15, -0.1) is 0 Å². The Bertz CT molecular complexity index is 451. The lowest BCUT2D eigenvalue weighted by Gasteiger charge is -2.14. The summed E-state index contributed by atoms with van der Waals surface area (Å²) in [7, 11) is 0. The van der Waals surface area contributed by atoms with Gasteiger partial charge < -0.3 is 10.1 Å². The second kappa shape index (κ2) is 7.16. The minimum Gasteiger partial charge on any atom is -0.493 e. The number of nitrogens with zero attached hydrogens (tertiary/aromatic N) is 1. The van der Waals surface area contributed by atoms with Crippen LogP contribution in [0.3, 0.4) is 0 Å². The largest absolute Gasteiger partial charge is 0.493 e. The molecule has 1 aromatic rings. The molecule has 1 unspecified atom stereocenters. The van der Waals surface area contributed by atoms with Gasteiger partial charge in [-0.25, -0.2) is 0 Å². The maximum absolute atomic E-state index is 8.52. The topological polar surface area (TPSA) is 45.0 Å². The van der Waals surface area contributed by atoms with Crippen molar-refractivity contribution in [3.8, 4) is 11.8 Å². The molecule has 0 fully saturated rings. The highest BCUT2D eigenvalue weighted by Gasteiger charge is 2.24. The van der Waals surface area contributed by atoms with Crippen LogP contribution in [0.15, 0.2) is 18.2 Å². The highest BCUT2D eigenvalue weighted by atomic mass is 16.5. The van der Waals surface area contributed by atoms with Gasteiger partial charge in [0.25, 0.3) is 0 Å². The van der Waals surface area contributed by atoms with Crippen LogP contribution in [-0.4, -0.2) is 13.2 Å². The lowest BCUT2D eigenvalue weighted by atomic mass is 10.1. The molecule has 102 valence electrons. The van der Waals surface area contributed by atoms with Gasteiger partial charge in [0.05, 0.1) is 12.7 Å². The number of nitriles is 1. The zero-order valence-electron chi connectivity index (χ0n) is 11.6. The van der Waals surface area contributed by atoms with Crippen molar-refractivity contribution in [1.82, 2.24) is 5.32 Å². The molecule has 2 rings (SSSR count). The van der Waals surface area contributed by atoms with Gasteiger partial charge in [0.1, 0.15) is 5.75 Å². The fourth-order valence-electron chi connectivity index (χ4n) is 2.62. The van der Waals surface area contributed by atoms with Crippen molar-refractivity contribution in [3.63, 3.8) is 0 Å². The molecule has 0 bridgehead atoms. The number of fused-ring (bicyclic) bond motifs is 1. The predicted octanol–water partition coefficient (Wildman–Crippen LogP) is 3.36. The summed E-state index contributed by atoms with van der Waals surface area (Å²) in [6.07, 6.45) is 4.78. The zero-order chi connectivity index (χ0) is 13.5. The van der Waals surface area contributed by atoms with Gasteiger partial charge in [-0.3, -0.25) is 0 Å². The van der Waals surface area contributed by atoms with E-state index in [-0.39, 0.29) is 0 Å². The van der Waals surface area contributed by atoms with Crippen LogP contribution < -0.4 is 10.1 Å². The van der Waals surface area contributed by atoms with E-state index >= 15 is 0 Å². The SMILES string of the molecule is CCCNC1CCc2c(OCCCC#N)cccc21. The molecule has 19 heavy (non-hydrogen) atoms. The summed E-state index contributed by atoms with van der Waals surface area (Å²) in [6.45, 7) is 3.89. The Morgan fingerprint density at radius 2 is 2.37 bits per heavy atom. The maximum atomic E-state index is 8.52. The Balaban J connectivity index is 1.99. The molecule has 1 aliphatic carbocycles. The normalized spacial score (nSPS) is 16.9. The van der Waals surface area contributed by atoms with E-state index in [0.717, 1.165) is 38.0 Å². The zero-order valence-corrected chi connectivity index (χ0v) is 11.6. The number of nitrogens with one attached hydrogen (secondary N) is 1. The van der Waals surface area contributed by atoms with E-state index in [4.69, 9.17) is 10.00 Å². The van der Waals surface area contributed by atoms with Crippen molar-refractivity contribution in [2.45, 2.75) is 45.1 Å². The van der Waals surface area contributed by atoms with Gasteiger partial charge in [-0.05, 0) is 49.4 Å². The van der Waals surface area contributed by atoms with Crippen molar-refractivity contribution < 1.29 is 4.74 Å². The average Bonchev–Trinajstić information content (AvgIpc) is 2.85. The number of benzene rings is 1. The van der Waals surface area contributed by atoms with E-state index in [2.05, 4.69) is 30.4 Å². The van der Waals surface area contributed by atoms with E-state index in [1.54, 1.807) is 0 Å². The Labute approximate surface area is 115 Å². The molecule has 0 radical (unpaired) electrons. The molecule has 1 atom stereocenters. The molecule has 1 N–H and O–H groups in total. The lowest BCUT2D eigenvalue weighted by Crippen LogP contribution is -2.19. The number of unbranched alkanes of at least 4 members (excludes halogenated alkanes) is 1. The first kappa shape index (κ1) is 13.9. The number of ether oxygens (including phenoxy) is 1. The average molecular weight is 258 g/mol. The molecule has 0 heterocycles. The van der Waals surface area contributed by atoms with Crippen LogP contribution >= 0.6 is 0 Å². The first-order valence-corrected chi connectivity index (χ1v) is 7.21. The van der Waals surface area contributed by atoms with Crippen LogP contribution in [0.2, 0.25) is 0 Å². The summed E-state index contributed by atoms with van der Waals surface area (Å²) >= 11 is 0. The molecule has 0 saturated carbocycles. The van der Waals surface area contributed by atoms with Crippen molar-refractivity contribution in [2.24, 2.45) is 0 Å². The Morgan fingerprint density at radius 1 is 1.47 bits per heavy atom. The second-order valence-corrected chi connectivity index (χ2v) is 4.98. The van der Waals surface area contributed by atoms with Crippen molar-refractivity contribution in [3.05, 3.63) is 29.3 Å². The van der Waals surface area contributed by atoms with Crippen LogP contribution in [0.5, 0.6) is 5.75 Å². The van der Waals surface area contributed by atoms with Crippen LogP contribution in [0.4, 0.5) is 0 Å². The maximum Gasteiger partial charge on any atom is 0.122 e. The third-order valence-electron chi connectivity index (χ3n) is 3.56. The van der Waals surface area contributed by atoms with E-state index in [1.165, 1.54) is 11.1 Å². The fourth-order valence-corrected chi connectivity index (χ4v) is 2.62. The van der Waals surface area contributed by atoms with Crippen LogP contribution in [0, 0.1) is 11.3 Å². The van der Waals surface area contributed by atoms with Gasteiger partial charge in [0, 0.05) is 12.5 Å². The van der Waals surface area contributed by atoms with E-state index in [0.29, 0.717) is 19.1 Å². The molecule has 1 aliphatic rings. The molecule has 3 heteroatoms. The summed E-state index contributed by atoms with van der Waals surface area (Å²) in [5.74, 6) is 1.01. The number of hydrogen-bond acceptors (Lipinski definition) is 3. The third kappa shape index (κ3) is 3.48. The molecule has 1 aromatic carbocycles. The second-order valence-electron chi connectivity index (χ2n) is 4.98. The minimum absolute atomic E-state index is 0.484. The molecule has 0 aromatic heterocycles. The van der Waals surface area contributed by atoms with Gasteiger partial charge >= 0.3 is 0 Å². The fraction of sp³-hybridized carbons (Fsp3) is 0.562. The molecule has 0 spiro atoms. The number of hydrogen-bond donors (Lipinski definition) is 1. The van der Waals surface area contributed by atoms with Crippen LogP contribution in [0.25, 0.3) is 0 Å². The van der Waals surface area contributed by atoms with Crippen molar-refractivity contribution in [1.29, 1.82) is 5.26 Å². The predicted molar refractivity (Wildman–Crippen MR) is 76.1 cm³/mol. The quantitative estimate of drug-likeness (QED) is 0.763. The monoisotopic (exact) mass is 258 g/mol. The summed E-state index contributed by atoms with van der Waals surface area (Å²) in [4.78, 5) is 0. The van der Waals surface area contributed by atoms with Crippen molar-refractivity contribution in [2.75, 3.05) is 13.2 Å². The smallest absolute Gasteiger partial charge is 0.122 e. The summed E-state index contributed by atoms with van der Waals surface area (Å²) < 4.78 is 5.82. The molecule has 3 nitrogen and oxygen atoms in total. The van der Waals surface area contributed by atoms with Gasteiger partial charge in [0.2, 0.25) is 0 Å². The molecule has 0 saturated heterocycles. The van der Waals surface area contributed by atoms with Crippen LogP contribution in [-0.2, 0) is 6.42 Å². The standard InChI is InChI=1S/C16H22N2O/c1-2-11-18-15-9-8-14-13(15)6-5-7-16(14)19-12-4-3-10-17/h5-7,15,18H,2-4,8-9,11-12H2,1H3. The van der Waals surface area contributed by atoms with E-state index in [9.17, 15) is 0 Å². The lowest BCUT2D eigenvalue weighted by molar-refractivity contribution is 0.310. The highest BCUT2D eigenvalue weighted by Crippen LogP contribution is 2.36. The molecular weight excluding hydrogens is 236 g/mol. The van der Waals surface area contributed by atoms with E-state index in [1.807, 2.05) is 6.07 Å². The van der Waals surface area contributed by atoms with E-state index < -0.39 is 0 Å². The first-order chi connectivity index (χ1) is 9.36. The van der Waals surface area contributed by atoms with Crippen molar-refractivity contribution >= 4 is 0 Å². The third-order valence-corrected chi connectivity index (χ3v) is 3.56. The molecule has 0 aliphatic heterocycles. The number of rotatable bonds is 7. The van der Waals surface area contributed by atoms with Gasteiger partial charge in [0.15, 0.2) is 0 Å². The minimum atomic E-state index is 0.484. The Kier molecular flexibility index (Phi) is 5.23. The molecule has 0 amide bonds.